The minimum absolute atomic E-state index is 0.0963. The SMILES string of the molecule is C[C@H](OC(=O)CCN1C(=O)NC(C)(C)C1=O)C(=O)c1c[nH]c2ccccc12. The molecule has 0 spiro atoms. The summed E-state index contributed by atoms with van der Waals surface area (Å²) in [6.07, 6.45) is 0.434. The summed E-state index contributed by atoms with van der Waals surface area (Å²) in [5.74, 6) is -1.37. The fourth-order valence-corrected chi connectivity index (χ4v) is 3.03. The number of nitrogens with zero attached hydrogens (tertiary/aromatic N) is 1. The summed E-state index contributed by atoms with van der Waals surface area (Å²) < 4.78 is 5.20. The summed E-state index contributed by atoms with van der Waals surface area (Å²) in [4.78, 5) is 52.5. The number of carbonyl (C=O) groups excluding carboxylic acids is 4. The zero-order chi connectivity index (χ0) is 19.8. The molecule has 27 heavy (non-hydrogen) atoms. The Hall–Kier alpha value is -3.16. The van der Waals surface area contributed by atoms with Crippen LogP contribution in [0.3, 0.4) is 0 Å². The highest BCUT2D eigenvalue weighted by Crippen LogP contribution is 2.20. The highest BCUT2D eigenvalue weighted by molar-refractivity contribution is 6.10. The molecule has 8 nitrogen and oxygen atoms in total. The molecule has 2 N–H and O–H groups in total. The molecule has 1 aromatic heterocycles. The van der Waals surface area contributed by atoms with Gasteiger partial charge in [0.05, 0.1) is 6.42 Å². The van der Waals surface area contributed by atoms with Crippen LogP contribution in [0.15, 0.2) is 30.5 Å². The molecule has 0 saturated carbocycles. The molecule has 0 unspecified atom stereocenters. The van der Waals surface area contributed by atoms with Crippen molar-refractivity contribution in [3.05, 3.63) is 36.0 Å². The van der Waals surface area contributed by atoms with E-state index in [0.717, 1.165) is 15.8 Å². The third-order valence-corrected chi connectivity index (χ3v) is 4.52. The summed E-state index contributed by atoms with van der Waals surface area (Å²) in [5, 5.41) is 3.30. The number of para-hydroxylation sites is 1. The Morgan fingerprint density at radius 1 is 1.22 bits per heavy atom. The van der Waals surface area contributed by atoms with Gasteiger partial charge in [-0.2, -0.15) is 0 Å². The molecule has 1 saturated heterocycles. The van der Waals surface area contributed by atoms with E-state index in [-0.39, 0.29) is 18.7 Å². The Labute approximate surface area is 155 Å². The molecule has 3 amide bonds. The molecule has 3 rings (SSSR count). The van der Waals surface area contributed by atoms with E-state index in [2.05, 4.69) is 10.3 Å². The number of hydrogen-bond acceptors (Lipinski definition) is 5. The summed E-state index contributed by atoms with van der Waals surface area (Å²) in [5.41, 5.74) is 0.279. The number of imide groups is 1. The van der Waals surface area contributed by atoms with Crippen LogP contribution in [0, 0.1) is 0 Å². The average Bonchev–Trinajstić information content (AvgIpc) is 3.12. The van der Waals surface area contributed by atoms with E-state index >= 15 is 0 Å². The van der Waals surface area contributed by atoms with E-state index in [0.29, 0.717) is 5.56 Å². The van der Waals surface area contributed by atoms with Gasteiger partial charge in [-0.15, -0.1) is 0 Å². The van der Waals surface area contributed by atoms with Gasteiger partial charge in [0.15, 0.2) is 6.10 Å². The topological polar surface area (TPSA) is 109 Å². The molecular formula is C19H21N3O5. The third-order valence-electron chi connectivity index (χ3n) is 4.52. The number of Topliss-reactive ketones (excluding diaryl/α,β-unsaturated/α-hetero) is 1. The van der Waals surface area contributed by atoms with Crippen LogP contribution in [0.25, 0.3) is 10.9 Å². The molecule has 0 aliphatic carbocycles. The average molecular weight is 371 g/mol. The number of hydrogen-bond donors (Lipinski definition) is 2. The van der Waals surface area contributed by atoms with Crippen molar-refractivity contribution in [2.75, 3.05) is 6.54 Å². The Bertz CT molecular complexity index is 930. The fraction of sp³-hybridized carbons (Fsp3) is 0.368. The van der Waals surface area contributed by atoms with Gasteiger partial charge in [-0.3, -0.25) is 19.3 Å². The van der Waals surface area contributed by atoms with E-state index in [4.69, 9.17) is 4.74 Å². The lowest BCUT2D eigenvalue weighted by Crippen LogP contribution is -2.40. The maximum atomic E-state index is 12.6. The van der Waals surface area contributed by atoms with Crippen molar-refractivity contribution in [3.8, 4) is 0 Å². The number of carbonyl (C=O) groups is 4. The molecule has 142 valence electrons. The largest absolute Gasteiger partial charge is 0.454 e. The number of fused-ring (bicyclic) bond motifs is 1. The molecule has 0 bridgehead atoms. The van der Waals surface area contributed by atoms with Crippen LogP contribution in [0.5, 0.6) is 0 Å². The zero-order valence-electron chi connectivity index (χ0n) is 15.4. The highest BCUT2D eigenvalue weighted by Gasteiger charge is 2.44. The summed E-state index contributed by atoms with van der Waals surface area (Å²) >= 11 is 0. The number of H-pyrrole nitrogens is 1. The predicted octanol–water partition coefficient (Wildman–Crippen LogP) is 2.00. The third kappa shape index (κ3) is 3.55. The molecule has 1 fully saturated rings. The van der Waals surface area contributed by atoms with Crippen LogP contribution in [0.4, 0.5) is 4.79 Å². The molecule has 1 aromatic carbocycles. The van der Waals surface area contributed by atoms with Crippen molar-refractivity contribution in [3.63, 3.8) is 0 Å². The van der Waals surface area contributed by atoms with E-state index in [1.54, 1.807) is 20.0 Å². The first-order valence-corrected chi connectivity index (χ1v) is 8.64. The van der Waals surface area contributed by atoms with Gasteiger partial charge >= 0.3 is 12.0 Å². The normalized spacial score (nSPS) is 17.1. The van der Waals surface area contributed by atoms with Crippen LogP contribution in [0.2, 0.25) is 0 Å². The summed E-state index contributed by atoms with van der Waals surface area (Å²) in [6, 6.07) is 6.80. The van der Waals surface area contributed by atoms with Crippen LogP contribution >= 0.6 is 0 Å². The van der Waals surface area contributed by atoms with Crippen molar-refractivity contribution in [1.82, 2.24) is 15.2 Å². The van der Waals surface area contributed by atoms with Crippen molar-refractivity contribution in [2.45, 2.75) is 38.8 Å². The van der Waals surface area contributed by atoms with Gasteiger partial charge in [0.25, 0.3) is 5.91 Å². The van der Waals surface area contributed by atoms with E-state index in [1.165, 1.54) is 6.92 Å². The van der Waals surface area contributed by atoms with Crippen molar-refractivity contribution in [1.29, 1.82) is 0 Å². The van der Waals surface area contributed by atoms with Crippen molar-refractivity contribution in [2.24, 2.45) is 0 Å². The second-order valence-corrected chi connectivity index (χ2v) is 7.01. The minimum Gasteiger partial charge on any atom is -0.454 e. The first-order valence-electron chi connectivity index (χ1n) is 8.64. The Morgan fingerprint density at radius 2 is 1.93 bits per heavy atom. The standard InChI is InChI=1S/C19H21N3O5/c1-11(16(24)13-10-20-14-7-5-4-6-12(13)14)27-15(23)8-9-22-17(25)19(2,3)21-18(22)26/h4-7,10-11,20H,8-9H2,1-3H3,(H,21,26)/t11-/m0/s1. The number of amides is 3. The fourth-order valence-electron chi connectivity index (χ4n) is 3.03. The van der Waals surface area contributed by atoms with Crippen LogP contribution < -0.4 is 5.32 Å². The molecule has 1 aliphatic heterocycles. The smallest absolute Gasteiger partial charge is 0.325 e. The molecule has 2 heterocycles. The van der Waals surface area contributed by atoms with E-state index in [1.807, 2.05) is 24.3 Å². The quantitative estimate of drug-likeness (QED) is 0.459. The van der Waals surface area contributed by atoms with Crippen LogP contribution in [0.1, 0.15) is 37.6 Å². The number of nitrogens with one attached hydrogen (secondary N) is 2. The Kier molecular flexibility index (Phi) is 4.73. The second kappa shape index (κ2) is 6.86. The number of urea groups is 1. The lowest BCUT2D eigenvalue weighted by atomic mass is 10.1. The van der Waals surface area contributed by atoms with Crippen LogP contribution in [-0.2, 0) is 14.3 Å². The van der Waals surface area contributed by atoms with E-state index in [9.17, 15) is 19.2 Å². The van der Waals surface area contributed by atoms with Gasteiger partial charge < -0.3 is 15.0 Å². The van der Waals surface area contributed by atoms with Crippen LogP contribution in [-0.4, -0.2) is 51.8 Å². The van der Waals surface area contributed by atoms with E-state index < -0.39 is 29.6 Å². The Morgan fingerprint density at radius 3 is 2.59 bits per heavy atom. The minimum atomic E-state index is -0.987. The molecular weight excluding hydrogens is 350 g/mol. The van der Waals surface area contributed by atoms with Crippen molar-refractivity contribution >= 4 is 34.6 Å². The number of esters is 1. The number of aromatic nitrogens is 1. The number of ether oxygens (including phenoxy) is 1. The Balaban J connectivity index is 1.58. The van der Waals surface area contributed by atoms with Gasteiger partial charge in [-0.1, -0.05) is 18.2 Å². The lowest BCUT2D eigenvalue weighted by molar-refractivity contribution is -0.146. The first-order chi connectivity index (χ1) is 12.7. The lowest BCUT2D eigenvalue weighted by Gasteiger charge is -2.16. The predicted molar refractivity (Wildman–Crippen MR) is 97.1 cm³/mol. The van der Waals surface area contributed by atoms with Gasteiger partial charge in [0, 0.05) is 29.2 Å². The molecule has 8 heteroatoms. The number of aromatic amines is 1. The molecule has 1 atom stereocenters. The maximum Gasteiger partial charge on any atom is 0.325 e. The maximum absolute atomic E-state index is 12.6. The van der Waals surface area contributed by atoms with Gasteiger partial charge in [-0.25, -0.2) is 4.79 Å². The second-order valence-electron chi connectivity index (χ2n) is 7.01. The summed E-state index contributed by atoms with van der Waals surface area (Å²) in [6.45, 7) is 4.58. The molecule has 2 aromatic rings. The van der Waals surface area contributed by atoms with Gasteiger partial charge in [0.2, 0.25) is 5.78 Å². The van der Waals surface area contributed by atoms with Gasteiger partial charge in [-0.05, 0) is 26.8 Å². The zero-order valence-corrected chi connectivity index (χ0v) is 15.4. The van der Waals surface area contributed by atoms with Crippen molar-refractivity contribution < 1.29 is 23.9 Å². The first kappa shape index (κ1) is 18.6. The molecule has 1 aliphatic rings. The number of benzene rings is 1. The van der Waals surface area contributed by atoms with Gasteiger partial charge in [0.1, 0.15) is 5.54 Å². The monoisotopic (exact) mass is 371 g/mol. The summed E-state index contributed by atoms with van der Waals surface area (Å²) in [7, 11) is 0. The molecule has 0 radical (unpaired) electrons. The number of ketones is 1. The highest BCUT2D eigenvalue weighted by atomic mass is 16.5. The number of rotatable bonds is 6.